The van der Waals surface area contributed by atoms with Crippen LogP contribution in [-0.2, 0) is 4.74 Å². The van der Waals surface area contributed by atoms with Gasteiger partial charge >= 0.3 is 6.09 Å². The Morgan fingerprint density at radius 2 is 2.17 bits per heavy atom. The predicted molar refractivity (Wildman–Crippen MR) is 97.9 cm³/mol. The van der Waals surface area contributed by atoms with Crippen molar-refractivity contribution < 1.29 is 14.3 Å². The fourth-order valence-corrected chi connectivity index (χ4v) is 3.33. The summed E-state index contributed by atoms with van der Waals surface area (Å²) in [6.45, 7) is 3.34. The quantitative estimate of drug-likeness (QED) is 0.716. The van der Waals surface area contributed by atoms with Crippen molar-refractivity contribution in [2.75, 3.05) is 19.7 Å². The maximum atomic E-state index is 12.5. The number of carbonyl (C=O) groups excluding carboxylic acids is 2. The van der Waals surface area contributed by atoms with Gasteiger partial charge < -0.3 is 15.0 Å². The fourth-order valence-electron chi connectivity index (χ4n) is 2.83. The number of hydrogen-bond donors (Lipinski definition) is 2. The van der Waals surface area contributed by atoms with Crippen LogP contribution in [0.5, 0.6) is 0 Å². The molecule has 1 aliphatic heterocycles. The number of nitrogens with zero attached hydrogens (tertiary/aromatic N) is 2. The molecule has 1 aromatic heterocycles. The monoisotopic (exact) mass is 442 g/mol. The van der Waals surface area contributed by atoms with Gasteiger partial charge in [-0.25, -0.2) is 4.79 Å². The summed E-state index contributed by atoms with van der Waals surface area (Å²) in [6, 6.07) is 5.86. The molecule has 0 spiro atoms. The van der Waals surface area contributed by atoms with Gasteiger partial charge in [-0.3, -0.25) is 9.89 Å². The molecule has 2 heterocycles. The number of aromatic amines is 1. The Balaban J connectivity index is 1.61. The smallest absolute Gasteiger partial charge is 0.409 e. The van der Waals surface area contributed by atoms with E-state index in [0.717, 1.165) is 14.5 Å². The van der Waals surface area contributed by atoms with E-state index in [0.29, 0.717) is 38.2 Å². The first-order chi connectivity index (χ1) is 11.6. The average molecular weight is 442 g/mol. The fraction of sp³-hybridized carbons (Fsp3) is 0.438. The van der Waals surface area contributed by atoms with E-state index in [1.165, 1.54) is 0 Å². The molecule has 1 fully saturated rings. The van der Waals surface area contributed by atoms with Gasteiger partial charge in [0.1, 0.15) is 0 Å². The van der Waals surface area contributed by atoms with Gasteiger partial charge in [-0.15, -0.1) is 0 Å². The van der Waals surface area contributed by atoms with Crippen molar-refractivity contribution >= 4 is 45.5 Å². The summed E-state index contributed by atoms with van der Waals surface area (Å²) in [7, 11) is 0. The van der Waals surface area contributed by atoms with Gasteiger partial charge in [0, 0.05) is 28.1 Å². The van der Waals surface area contributed by atoms with E-state index in [1.54, 1.807) is 11.8 Å². The van der Waals surface area contributed by atoms with E-state index in [1.807, 2.05) is 18.2 Å². The molecule has 1 aliphatic rings. The molecule has 0 unspecified atom stereocenters. The van der Waals surface area contributed by atoms with E-state index in [2.05, 4.69) is 38.1 Å². The summed E-state index contributed by atoms with van der Waals surface area (Å²) in [5, 5.41) is 10.9. The summed E-state index contributed by atoms with van der Waals surface area (Å²) in [6.07, 6.45) is 1.14. The van der Waals surface area contributed by atoms with Crippen LogP contribution < -0.4 is 5.32 Å². The lowest BCUT2D eigenvalue weighted by atomic mass is 10.0. The van der Waals surface area contributed by atoms with Crippen molar-refractivity contribution in [3.63, 3.8) is 0 Å². The van der Waals surface area contributed by atoms with Crippen molar-refractivity contribution in [2.24, 2.45) is 0 Å². The molecular formula is C16H19IN4O3. The minimum absolute atomic E-state index is 0.0395. The van der Waals surface area contributed by atoms with E-state index in [-0.39, 0.29) is 18.0 Å². The van der Waals surface area contributed by atoms with Crippen LogP contribution >= 0.6 is 22.6 Å². The van der Waals surface area contributed by atoms with Crippen molar-refractivity contribution in [1.82, 2.24) is 20.4 Å². The highest BCUT2D eigenvalue weighted by Gasteiger charge is 2.25. The Morgan fingerprint density at radius 1 is 1.42 bits per heavy atom. The summed E-state index contributed by atoms with van der Waals surface area (Å²) in [5.74, 6) is -0.183. The zero-order valence-corrected chi connectivity index (χ0v) is 15.5. The third-order valence-electron chi connectivity index (χ3n) is 4.10. The Morgan fingerprint density at radius 3 is 2.88 bits per heavy atom. The van der Waals surface area contributed by atoms with Gasteiger partial charge in [0.2, 0.25) is 0 Å². The number of carbonyl (C=O) groups is 2. The number of hydrogen-bond acceptors (Lipinski definition) is 4. The molecule has 1 aromatic carbocycles. The Hall–Kier alpha value is -1.84. The number of amides is 2. The Kier molecular flexibility index (Phi) is 5.22. The summed E-state index contributed by atoms with van der Waals surface area (Å²) in [5.41, 5.74) is 1.26. The Labute approximate surface area is 153 Å². The highest BCUT2D eigenvalue weighted by Crippen LogP contribution is 2.19. The predicted octanol–water partition coefficient (Wildman–Crippen LogP) is 2.52. The topological polar surface area (TPSA) is 87.3 Å². The molecule has 24 heavy (non-hydrogen) atoms. The van der Waals surface area contributed by atoms with Crippen LogP contribution in [0, 0.1) is 3.57 Å². The normalized spacial score (nSPS) is 15.5. The highest BCUT2D eigenvalue weighted by atomic mass is 127. The van der Waals surface area contributed by atoms with Crippen molar-refractivity contribution in [1.29, 1.82) is 0 Å². The second-order valence-corrected chi connectivity index (χ2v) is 6.94. The molecule has 128 valence electrons. The van der Waals surface area contributed by atoms with Crippen LogP contribution in [0.3, 0.4) is 0 Å². The van der Waals surface area contributed by atoms with Crippen molar-refractivity contribution in [3.8, 4) is 0 Å². The zero-order valence-electron chi connectivity index (χ0n) is 13.3. The van der Waals surface area contributed by atoms with Gasteiger partial charge in [0.05, 0.1) is 12.1 Å². The molecule has 0 saturated carbocycles. The molecule has 2 amide bonds. The molecule has 0 bridgehead atoms. The Bertz CT molecular complexity index is 753. The largest absolute Gasteiger partial charge is 0.450 e. The SMILES string of the molecule is CCOC(=O)N1CCC(NC(=O)c2n[nH]c3ccc(I)cc23)CC1. The van der Waals surface area contributed by atoms with E-state index in [4.69, 9.17) is 4.74 Å². The third kappa shape index (κ3) is 3.63. The number of benzene rings is 1. The molecule has 2 N–H and O–H groups in total. The van der Waals surface area contributed by atoms with Crippen molar-refractivity contribution in [2.45, 2.75) is 25.8 Å². The molecule has 3 rings (SSSR count). The molecule has 0 radical (unpaired) electrons. The molecule has 2 aromatic rings. The van der Waals surface area contributed by atoms with Gasteiger partial charge in [0.25, 0.3) is 5.91 Å². The van der Waals surface area contributed by atoms with Crippen LogP contribution in [0.2, 0.25) is 0 Å². The van der Waals surface area contributed by atoms with Crippen LogP contribution in [-0.4, -0.2) is 52.8 Å². The summed E-state index contributed by atoms with van der Waals surface area (Å²) in [4.78, 5) is 25.9. The molecule has 7 nitrogen and oxygen atoms in total. The molecule has 0 aliphatic carbocycles. The van der Waals surface area contributed by atoms with E-state index >= 15 is 0 Å². The van der Waals surface area contributed by atoms with Gasteiger partial charge in [-0.2, -0.15) is 5.10 Å². The van der Waals surface area contributed by atoms with E-state index < -0.39 is 0 Å². The molecule has 8 heteroatoms. The van der Waals surface area contributed by atoms with Gasteiger partial charge in [0.15, 0.2) is 5.69 Å². The highest BCUT2D eigenvalue weighted by molar-refractivity contribution is 14.1. The second kappa shape index (κ2) is 7.37. The standard InChI is InChI=1S/C16H19IN4O3/c1-2-24-16(23)21-7-5-11(6-8-21)18-15(22)14-12-9-10(17)3-4-13(12)19-20-14/h3-4,9,11H,2,5-8H2,1H3,(H,18,22)(H,19,20). The number of fused-ring (bicyclic) bond motifs is 1. The van der Waals surface area contributed by atoms with Gasteiger partial charge in [-0.05, 0) is 60.6 Å². The number of piperidine rings is 1. The minimum atomic E-state index is -0.282. The number of halogens is 1. The van der Waals surface area contributed by atoms with Crippen LogP contribution in [0.4, 0.5) is 4.79 Å². The minimum Gasteiger partial charge on any atom is -0.450 e. The van der Waals surface area contributed by atoms with Gasteiger partial charge in [-0.1, -0.05) is 0 Å². The average Bonchev–Trinajstić information content (AvgIpc) is 2.98. The number of H-pyrrole nitrogens is 1. The number of aromatic nitrogens is 2. The van der Waals surface area contributed by atoms with E-state index in [9.17, 15) is 9.59 Å². The lowest BCUT2D eigenvalue weighted by Gasteiger charge is -2.31. The number of nitrogens with one attached hydrogen (secondary N) is 2. The first-order valence-electron chi connectivity index (χ1n) is 7.94. The number of likely N-dealkylation sites (tertiary alicyclic amines) is 1. The van der Waals surface area contributed by atoms with Crippen molar-refractivity contribution in [3.05, 3.63) is 27.5 Å². The first-order valence-corrected chi connectivity index (χ1v) is 9.02. The molecular weight excluding hydrogens is 423 g/mol. The number of rotatable bonds is 3. The lowest BCUT2D eigenvalue weighted by molar-refractivity contribution is 0.0858. The maximum Gasteiger partial charge on any atom is 0.409 e. The lowest BCUT2D eigenvalue weighted by Crippen LogP contribution is -2.46. The van der Waals surface area contributed by atoms with Crippen LogP contribution in [0.15, 0.2) is 18.2 Å². The first kappa shape index (κ1) is 17.0. The summed E-state index contributed by atoms with van der Waals surface area (Å²) < 4.78 is 6.05. The molecule has 0 atom stereocenters. The second-order valence-electron chi connectivity index (χ2n) is 5.70. The molecule has 1 saturated heterocycles. The maximum absolute atomic E-state index is 12.5. The zero-order chi connectivity index (χ0) is 17.1. The number of ether oxygens (including phenoxy) is 1. The third-order valence-corrected chi connectivity index (χ3v) is 4.77. The van der Waals surface area contributed by atoms with Crippen LogP contribution in [0.25, 0.3) is 10.9 Å². The summed E-state index contributed by atoms with van der Waals surface area (Å²) >= 11 is 2.21. The van der Waals surface area contributed by atoms with Crippen LogP contribution in [0.1, 0.15) is 30.3 Å².